The fourth-order valence-corrected chi connectivity index (χ4v) is 1.42. The van der Waals surface area contributed by atoms with Crippen LogP contribution in [0.3, 0.4) is 0 Å². The Labute approximate surface area is 87.6 Å². The number of hydrogen-bond donors (Lipinski definition) is 1. The highest BCUT2D eigenvalue weighted by molar-refractivity contribution is 5.52. The van der Waals surface area contributed by atoms with Gasteiger partial charge in [0.25, 0.3) is 0 Å². The molecule has 0 bridgehead atoms. The minimum absolute atomic E-state index is 0.539. The Morgan fingerprint density at radius 2 is 2.27 bits per heavy atom. The zero-order chi connectivity index (χ0) is 10.8. The second-order valence-corrected chi connectivity index (χ2v) is 3.42. The molecule has 78 valence electrons. The molecule has 0 fully saturated rings. The zero-order valence-electron chi connectivity index (χ0n) is 8.64. The average molecular weight is 204 g/mol. The molecule has 0 aliphatic heterocycles. The van der Waals surface area contributed by atoms with Gasteiger partial charge in [-0.1, -0.05) is 0 Å². The van der Waals surface area contributed by atoms with Gasteiger partial charge in [0.15, 0.2) is 5.82 Å². The molecule has 2 rings (SSSR count). The van der Waals surface area contributed by atoms with Crippen molar-refractivity contribution in [3.05, 3.63) is 36.0 Å². The predicted molar refractivity (Wildman–Crippen MR) is 55.1 cm³/mol. The van der Waals surface area contributed by atoms with Crippen LogP contribution in [0, 0.1) is 6.92 Å². The molecule has 0 saturated heterocycles. The number of aliphatic hydroxyl groups is 1. The predicted octanol–water partition coefficient (Wildman–Crippen LogP) is 2.10. The molecule has 0 unspecified atom stereocenters. The van der Waals surface area contributed by atoms with Crippen molar-refractivity contribution in [1.29, 1.82) is 0 Å². The number of hydrogen-bond acceptors (Lipinski definition) is 4. The van der Waals surface area contributed by atoms with E-state index in [1.54, 1.807) is 31.7 Å². The molecular formula is C11H12N2O2. The van der Waals surface area contributed by atoms with E-state index in [1.165, 1.54) is 0 Å². The van der Waals surface area contributed by atoms with Gasteiger partial charge in [-0.25, -0.2) is 9.97 Å². The first-order valence-electron chi connectivity index (χ1n) is 4.72. The summed E-state index contributed by atoms with van der Waals surface area (Å²) in [6.45, 7) is 3.55. The Balaban J connectivity index is 2.42. The smallest absolute Gasteiger partial charge is 0.162 e. The van der Waals surface area contributed by atoms with E-state index in [0.717, 1.165) is 16.8 Å². The lowest BCUT2D eigenvalue weighted by molar-refractivity contribution is 0.197. The Morgan fingerprint density at radius 3 is 2.80 bits per heavy atom. The van der Waals surface area contributed by atoms with Gasteiger partial charge < -0.3 is 9.52 Å². The summed E-state index contributed by atoms with van der Waals surface area (Å²) in [4.78, 5) is 8.48. The number of aromatic nitrogens is 2. The van der Waals surface area contributed by atoms with Crippen LogP contribution in [0.25, 0.3) is 11.4 Å². The van der Waals surface area contributed by atoms with Gasteiger partial charge in [-0.3, -0.25) is 0 Å². The summed E-state index contributed by atoms with van der Waals surface area (Å²) >= 11 is 0. The lowest BCUT2D eigenvalue weighted by Gasteiger charge is -2.07. The summed E-state index contributed by atoms with van der Waals surface area (Å²) < 4.78 is 4.96. The number of nitrogens with zero attached hydrogens (tertiary/aromatic N) is 2. The van der Waals surface area contributed by atoms with Crippen molar-refractivity contribution in [2.45, 2.75) is 20.0 Å². The summed E-state index contributed by atoms with van der Waals surface area (Å²) in [5.41, 5.74) is 2.38. The molecule has 0 amide bonds. The van der Waals surface area contributed by atoms with Crippen molar-refractivity contribution in [3.8, 4) is 11.4 Å². The van der Waals surface area contributed by atoms with Crippen LogP contribution in [0.15, 0.2) is 29.2 Å². The highest BCUT2D eigenvalue weighted by Crippen LogP contribution is 2.19. The van der Waals surface area contributed by atoms with Crippen LogP contribution in [-0.4, -0.2) is 15.1 Å². The van der Waals surface area contributed by atoms with Gasteiger partial charge in [-0.15, -0.1) is 0 Å². The Kier molecular flexibility index (Phi) is 2.51. The number of furan rings is 1. The van der Waals surface area contributed by atoms with Crippen molar-refractivity contribution in [3.63, 3.8) is 0 Å². The Morgan fingerprint density at radius 1 is 1.47 bits per heavy atom. The lowest BCUT2D eigenvalue weighted by Crippen LogP contribution is -2.00. The second-order valence-electron chi connectivity index (χ2n) is 3.42. The van der Waals surface area contributed by atoms with Crippen LogP contribution in [0.4, 0.5) is 0 Å². The van der Waals surface area contributed by atoms with Gasteiger partial charge in [0.05, 0.1) is 17.9 Å². The molecule has 0 radical (unpaired) electrons. The molecule has 1 N–H and O–H groups in total. The van der Waals surface area contributed by atoms with Gasteiger partial charge >= 0.3 is 0 Å². The second kappa shape index (κ2) is 3.82. The molecule has 15 heavy (non-hydrogen) atoms. The maximum absolute atomic E-state index is 9.43. The van der Waals surface area contributed by atoms with E-state index in [1.807, 2.05) is 6.92 Å². The number of aliphatic hydroxyl groups excluding tert-OH is 1. The summed E-state index contributed by atoms with van der Waals surface area (Å²) in [6.07, 6.45) is 4.28. The number of aryl methyl sites for hydroxylation is 1. The van der Waals surface area contributed by atoms with Gasteiger partial charge in [-0.2, -0.15) is 0 Å². The molecule has 4 heteroatoms. The first kappa shape index (κ1) is 9.86. The minimum atomic E-state index is -0.539. The molecule has 0 spiro atoms. The molecular weight excluding hydrogens is 192 g/mol. The Bertz CT molecular complexity index is 450. The summed E-state index contributed by atoms with van der Waals surface area (Å²) in [6, 6.07) is 1.80. The molecule has 2 aromatic heterocycles. The summed E-state index contributed by atoms with van der Waals surface area (Å²) in [5, 5.41) is 9.43. The topological polar surface area (TPSA) is 59.2 Å². The van der Waals surface area contributed by atoms with E-state index >= 15 is 0 Å². The maximum atomic E-state index is 9.43. The lowest BCUT2D eigenvalue weighted by atomic mass is 10.1. The molecule has 2 heterocycles. The molecule has 2 aromatic rings. The third-order valence-electron chi connectivity index (χ3n) is 2.25. The average Bonchev–Trinajstić information content (AvgIpc) is 2.69. The largest absolute Gasteiger partial charge is 0.472 e. The number of rotatable bonds is 2. The highest BCUT2D eigenvalue weighted by atomic mass is 16.3. The van der Waals surface area contributed by atoms with E-state index in [2.05, 4.69) is 9.97 Å². The quantitative estimate of drug-likeness (QED) is 0.813. The van der Waals surface area contributed by atoms with E-state index in [0.29, 0.717) is 5.82 Å². The molecule has 0 aliphatic rings. The first-order valence-corrected chi connectivity index (χ1v) is 4.72. The van der Waals surface area contributed by atoms with E-state index in [9.17, 15) is 5.11 Å². The fraction of sp³-hybridized carbons (Fsp3) is 0.273. The van der Waals surface area contributed by atoms with Crippen molar-refractivity contribution >= 4 is 0 Å². The standard InChI is InChI=1S/C11H12N2O2/c1-7-10(8(2)14)5-12-11(13-7)9-3-4-15-6-9/h3-6,8,14H,1-2H3/t8-/m1/s1. The van der Waals surface area contributed by atoms with Crippen molar-refractivity contribution in [2.75, 3.05) is 0 Å². The van der Waals surface area contributed by atoms with Gasteiger partial charge in [0.1, 0.15) is 6.26 Å². The van der Waals surface area contributed by atoms with Gasteiger partial charge in [-0.05, 0) is 19.9 Å². The molecule has 4 nitrogen and oxygen atoms in total. The molecule has 0 saturated carbocycles. The minimum Gasteiger partial charge on any atom is -0.472 e. The van der Waals surface area contributed by atoms with Gasteiger partial charge in [0.2, 0.25) is 0 Å². The monoisotopic (exact) mass is 204 g/mol. The normalized spacial score (nSPS) is 12.7. The van der Waals surface area contributed by atoms with E-state index in [-0.39, 0.29) is 0 Å². The third-order valence-corrected chi connectivity index (χ3v) is 2.25. The highest BCUT2D eigenvalue weighted by Gasteiger charge is 2.09. The van der Waals surface area contributed by atoms with Crippen molar-refractivity contribution in [2.24, 2.45) is 0 Å². The van der Waals surface area contributed by atoms with Crippen LogP contribution in [0.2, 0.25) is 0 Å². The third kappa shape index (κ3) is 1.89. The van der Waals surface area contributed by atoms with Crippen LogP contribution in [0.1, 0.15) is 24.3 Å². The van der Waals surface area contributed by atoms with Crippen LogP contribution < -0.4 is 0 Å². The van der Waals surface area contributed by atoms with E-state index in [4.69, 9.17) is 4.42 Å². The molecule has 0 aromatic carbocycles. The summed E-state index contributed by atoms with van der Waals surface area (Å²) in [5.74, 6) is 0.616. The van der Waals surface area contributed by atoms with E-state index < -0.39 is 6.10 Å². The summed E-state index contributed by atoms with van der Waals surface area (Å²) in [7, 11) is 0. The first-order chi connectivity index (χ1) is 7.18. The SMILES string of the molecule is Cc1nc(-c2ccoc2)ncc1[C@@H](C)O. The zero-order valence-corrected chi connectivity index (χ0v) is 8.64. The van der Waals surface area contributed by atoms with Gasteiger partial charge in [0, 0.05) is 17.5 Å². The molecule has 0 aliphatic carbocycles. The fourth-order valence-electron chi connectivity index (χ4n) is 1.42. The van der Waals surface area contributed by atoms with Crippen molar-refractivity contribution < 1.29 is 9.52 Å². The Hall–Kier alpha value is -1.68. The van der Waals surface area contributed by atoms with Crippen LogP contribution >= 0.6 is 0 Å². The van der Waals surface area contributed by atoms with Crippen molar-refractivity contribution in [1.82, 2.24) is 9.97 Å². The molecule has 1 atom stereocenters. The maximum Gasteiger partial charge on any atom is 0.162 e. The van der Waals surface area contributed by atoms with Crippen LogP contribution in [0.5, 0.6) is 0 Å². The van der Waals surface area contributed by atoms with Crippen LogP contribution in [-0.2, 0) is 0 Å².